The topological polar surface area (TPSA) is 107 Å². The smallest absolute Gasteiger partial charge is 0.335 e. The molecule has 0 spiro atoms. The molecule has 0 bridgehead atoms. The van der Waals surface area contributed by atoms with Gasteiger partial charge in [-0.25, -0.2) is 4.79 Å². The minimum Gasteiger partial charge on any atom is -1.00 e. The van der Waals surface area contributed by atoms with E-state index in [0.29, 0.717) is 18.1 Å². The van der Waals surface area contributed by atoms with Crippen LogP contribution in [0.3, 0.4) is 0 Å². The molecular weight excluding hydrogens is 665 g/mol. The molecule has 12 heteroatoms. The predicted molar refractivity (Wildman–Crippen MR) is 187 cm³/mol. The van der Waals surface area contributed by atoms with Gasteiger partial charge in [0.25, 0.3) is 0 Å². The average molecular weight is 711 g/mol. The molecule has 0 saturated heterocycles. The van der Waals surface area contributed by atoms with E-state index >= 15 is 0 Å². The molecule has 262 valence electrons. The van der Waals surface area contributed by atoms with Crippen molar-refractivity contribution in [3.05, 3.63) is 82.6 Å². The maximum absolute atomic E-state index is 12.1. The molecule has 0 amide bonds. The number of ether oxygens (including phenoxy) is 1. The number of aromatic nitrogens is 3. The standard InChI is InChI=1S/C37H43N5O5.2ClH/c1-24-18-28(38-46-24)22-42(3,4)17-16-40-14-15-41-34-20-27(37(43)44)10-12-31(34)35(26-8-6-5-7-9-26)36(41)32-13-11-30(21-33(32)40)45-23-29-19-25(2)47-39-29;;/h10-13,18-21,26H,5-9,14-17,22-23H2,1-4H3;2*1H. The molecule has 5 aromatic rings. The summed E-state index contributed by atoms with van der Waals surface area (Å²) in [5, 5.41) is 19.5. The van der Waals surface area contributed by atoms with Crippen LogP contribution >= 0.6 is 12.4 Å². The first kappa shape index (κ1) is 36.3. The molecule has 10 nitrogen and oxygen atoms in total. The van der Waals surface area contributed by atoms with Crippen molar-refractivity contribution in [2.75, 3.05) is 38.6 Å². The van der Waals surface area contributed by atoms with Crippen LogP contribution in [-0.4, -0.2) is 64.2 Å². The Bertz CT molecular complexity index is 1920. The van der Waals surface area contributed by atoms with E-state index in [1.807, 2.05) is 38.1 Å². The molecule has 3 aromatic heterocycles. The van der Waals surface area contributed by atoms with Crippen LogP contribution < -0.4 is 22.0 Å². The van der Waals surface area contributed by atoms with Crippen LogP contribution in [0.4, 0.5) is 5.69 Å². The summed E-state index contributed by atoms with van der Waals surface area (Å²) in [5.74, 6) is 1.89. The zero-order valence-electron chi connectivity index (χ0n) is 28.6. The number of anilines is 1. The van der Waals surface area contributed by atoms with Crippen LogP contribution in [0.1, 0.15) is 76.9 Å². The van der Waals surface area contributed by atoms with Crippen molar-refractivity contribution in [2.24, 2.45) is 0 Å². The van der Waals surface area contributed by atoms with Crippen LogP contribution in [0.15, 0.2) is 57.6 Å². The first-order chi connectivity index (χ1) is 22.6. The highest BCUT2D eigenvalue weighted by molar-refractivity contribution is 5.99. The summed E-state index contributed by atoms with van der Waals surface area (Å²) >= 11 is 0. The normalized spacial score (nSPS) is 14.8. The third-order valence-corrected chi connectivity index (χ3v) is 9.83. The van der Waals surface area contributed by atoms with Crippen molar-refractivity contribution >= 4 is 35.0 Å². The van der Waals surface area contributed by atoms with E-state index < -0.39 is 5.97 Å². The number of hydrogen-bond donors (Lipinski definition) is 1. The Labute approximate surface area is 299 Å². The van der Waals surface area contributed by atoms with Gasteiger partial charge in [0.15, 0.2) is 0 Å². The van der Waals surface area contributed by atoms with Gasteiger partial charge in [-0.2, -0.15) is 0 Å². The molecular formula is C37H45Cl2N5O5. The summed E-state index contributed by atoms with van der Waals surface area (Å²) in [6.07, 6.45) is 6.00. The number of fused-ring (bicyclic) bond motifs is 5. The molecule has 1 aliphatic carbocycles. The number of quaternary nitrogens is 1. The van der Waals surface area contributed by atoms with Gasteiger partial charge in [0.1, 0.15) is 41.8 Å². The largest absolute Gasteiger partial charge is 1.00 e. The maximum Gasteiger partial charge on any atom is 0.335 e. The monoisotopic (exact) mass is 709 g/mol. The van der Waals surface area contributed by atoms with E-state index in [-0.39, 0.29) is 24.8 Å². The lowest BCUT2D eigenvalue weighted by Crippen LogP contribution is -3.00. The summed E-state index contributed by atoms with van der Waals surface area (Å²) in [5.41, 5.74) is 7.92. The van der Waals surface area contributed by atoms with Gasteiger partial charge in [-0.05, 0) is 62.4 Å². The number of benzene rings is 2. The van der Waals surface area contributed by atoms with E-state index in [9.17, 15) is 9.90 Å². The number of aromatic carboxylic acids is 1. The highest BCUT2D eigenvalue weighted by atomic mass is 35.5. The first-order valence-electron chi connectivity index (χ1n) is 16.7. The fourth-order valence-electron chi connectivity index (χ4n) is 7.52. The molecule has 2 aliphatic rings. The van der Waals surface area contributed by atoms with Gasteiger partial charge >= 0.3 is 5.97 Å². The summed E-state index contributed by atoms with van der Waals surface area (Å²) in [4.78, 5) is 14.6. The second-order valence-corrected chi connectivity index (χ2v) is 13.9. The lowest BCUT2D eigenvalue weighted by atomic mass is 9.81. The van der Waals surface area contributed by atoms with Gasteiger partial charge in [0.2, 0.25) is 0 Å². The molecule has 0 atom stereocenters. The summed E-state index contributed by atoms with van der Waals surface area (Å²) in [6, 6.07) is 16.0. The molecule has 4 heterocycles. The van der Waals surface area contributed by atoms with E-state index in [1.165, 1.54) is 41.5 Å². The van der Waals surface area contributed by atoms with Crippen molar-refractivity contribution in [3.8, 4) is 17.0 Å². The summed E-state index contributed by atoms with van der Waals surface area (Å²) < 4.78 is 20.0. The molecule has 1 saturated carbocycles. The summed E-state index contributed by atoms with van der Waals surface area (Å²) in [6.45, 7) is 8.14. The molecule has 49 heavy (non-hydrogen) atoms. The van der Waals surface area contributed by atoms with Crippen LogP contribution in [0.25, 0.3) is 22.2 Å². The number of halogens is 2. The average Bonchev–Trinajstić information content (AvgIpc) is 3.73. The Morgan fingerprint density at radius 2 is 1.67 bits per heavy atom. The quantitative estimate of drug-likeness (QED) is 0.207. The van der Waals surface area contributed by atoms with E-state index in [0.717, 1.165) is 89.9 Å². The maximum atomic E-state index is 12.1. The molecule has 2 aromatic carbocycles. The van der Waals surface area contributed by atoms with Gasteiger partial charge in [-0.3, -0.25) is 0 Å². The number of carbonyl (C=O) groups is 1. The molecule has 1 aliphatic heterocycles. The fraction of sp³-hybridized carbons (Fsp3) is 0.432. The first-order valence-corrected chi connectivity index (χ1v) is 16.7. The molecule has 1 fully saturated rings. The van der Waals surface area contributed by atoms with E-state index in [4.69, 9.17) is 13.8 Å². The number of hydrogen-bond acceptors (Lipinski definition) is 7. The molecule has 7 rings (SSSR count). The minimum atomic E-state index is -0.899. The summed E-state index contributed by atoms with van der Waals surface area (Å²) in [7, 11) is 4.46. The zero-order chi connectivity index (χ0) is 32.7. The zero-order valence-corrected chi connectivity index (χ0v) is 30.1. The van der Waals surface area contributed by atoms with Crippen LogP contribution in [0.5, 0.6) is 5.75 Å². The van der Waals surface area contributed by atoms with Crippen LogP contribution in [0, 0.1) is 13.8 Å². The number of rotatable bonds is 10. The highest BCUT2D eigenvalue weighted by Gasteiger charge is 2.32. The molecule has 0 unspecified atom stereocenters. The predicted octanol–water partition coefficient (Wildman–Crippen LogP) is 4.75. The number of carboxylic acids is 1. The lowest BCUT2D eigenvalue weighted by molar-refractivity contribution is -0.902. The SMILES string of the molecule is Cc1cc(COc2ccc3c(c2)N(CC[N+](C)(C)Cc2cc(C)on2)CCn2c-3c(C3CCCCC3)c3ccc(C(=O)O)cc32)no1.Cl.[Cl-]. The van der Waals surface area contributed by atoms with Crippen LogP contribution in [0.2, 0.25) is 0 Å². The molecule has 1 N–H and O–H groups in total. The van der Waals surface area contributed by atoms with E-state index in [2.05, 4.69) is 52.1 Å². The van der Waals surface area contributed by atoms with Gasteiger partial charge in [-0.15, -0.1) is 12.4 Å². The van der Waals surface area contributed by atoms with Gasteiger partial charge in [-0.1, -0.05) is 35.6 Å². The Hall–Kier alpha value is -3.99. The second-order valence-electron chi connectivity index (χ2n) is 13.9. The Morgan fingerprint density at radius 3 is 2.35 bits per heavy atom. The molecule has 0 radical (unpaired) electrons. The minimum absolute atomic E-state index is 0. The Balaban J connectivity index is 0.00000234. The number of carboxylic acid groups (broad SMARTS) is 1. The van der Waals surface area contributed by atoms with Crippen molar-refractivity contribution < 1.29 is 40.6 Å². The number of nitrogens with zero attached hydrogens (tertiary/aromatic N) is 5. The van der Waals surface area contributed by atoms with Crippen molar-refractivity contribution in [3.63, 3.8) is 0 Å². The second kappa shape index (κ2) is 14.9. The van der Waals surface area contributed by atoms with E-state index in [1.54, 1.807) is 6.07 Å². The lowest BCUT2D eigenvalue weighted by Gasteiger charge is -2.33. The van der Waals surface area contributed by atoms with Crippen molar-refractivity contribution in [2.45, 2.75) is 71.6 Å². The van der Waals surface area contributed by atoms with Crippen LogP contribution in [-0.2, 0) is 19.7 Å². The Kier molecular flexibility index (Phi) is 11.0. The third-order valence-electron chi connectivity index (χ3n) is 9.83. The van der Waals surface area contributed by atoms with Crippen molar-refractivity contribution in [1.82, 2.24) is 14.9 Å². The van der Waals surface area contributed by atoms with Gasteiger partial charge in [0.05, 0.1) is 44.1 Å². The number of likely N-dealkylation sites (N-methyl/N-ethyl adjacent to an activating group) is 1. The highest BCUT2D eigenvalue weighted by Crippen LogP contribution is 2.48. The Morgan fingerprint density at radius 1 is 0.959 bits per heavy atom. The van der Waals surface area contributed by atoms with Gasteiger partial charge < -0.3 is 45.2 Å². The number of aryl methyl sites for hydroxylation is 2. The van der Waals surface area contributed by atoms with Gasteiger partial charge in [0, 0.05) is 47.8 Å². The van der Waals surface area contributed by atoms with Crippen molar-refractivity contribution in [1.29, 1.82) is 0 Å². The fourth-order valence-corrected chi connectivity index (χ4v) is 7.52. The third kappa shape index (κ3) is 7.61.